The molecule has 0 bridgehead atoms. The minimum absolute atomic E-state index is 0.352. The number of hydrogen-bond donors (Lipinski definition) is 1. The summed E-state index contributed by atoms with van der Waals surface area (Å²) in [5.74, 6) is 0. The van der Waals surface area contributed by atoms with Crippen LogP contribution in [-0.4, -0.2) is 37.7 Å². The van der Waals surface area contributed by atoms with Gasteiger partial charge in [-0.15, -0.1) is 0 Å². The molecule has 2 N–H and O–H groups in total. The highest BCUT2D eigenvalue weighted by atomic mass is 16.5. The summed E-state index contributed by atoms with van der Waals surface area (Å²) in [6.07, 6.45) is 3.76. The van der Waals surface area contributed by atoms with Crippen LogP contribution in [0, 0.1) is 0 Å². The summed E-state index contributed by atoms with van der Waals surface area (Å²) in [5, 5.41) is 0. The SMILES string of the molecule is CCC(C)N(CCOC)CC1(c2ccc(N)cc2)CC1. The third-order valence-corrected chi connectivity index (χ3v) is 4.68. The van der Waals surface area contributed by atoms with Crippen molar-refractivity contribution in [3.05, 3.63) is 29.8 Å². The van der Waals surface area contributed by atoms with Crippen LogP contribution in [0.2, 0.25) is 0 Å². The van der Waals surface area contributed by atoms with Crippen molar-refractivity contribution in [2.75, 3.05) is 32.5 Å². The summed E-state index contributed by atoms with van der Waals surface area (Å²) in [6, 6.07) is 9.06. The Balaban J connectivity index is 2.06. The quantitative estimate of drug-likeness (QED) is 0.742. The van der Waals surface area contributed by atoms with Crippen LogP contribution in [0.1, 0.15) is 38.7 Å². The fourth-order valence-corrected chi connectivity index (χ4v) is 2.84. The van der Waals surface area contributed by atoms with Crippen LogP contribution in [0.25, 0.3) is 0 Å². The number of ether oxygens (including phenoxy) is 1. The van der Waals surface area contributed by atoms with Crippen molar-refractivity contribution in [2.24, 2.45) is 0 Å². The Bertz CT molecular complexity index is 412. The number of nitrogen functional groups attached to an aromatic ring is 1. The Morgan fingerprint density at radius 3 is 2.45 bits per heavy atom. The van der Waals surface area contributed by atoms with Crippen LogP contribution in [0.4, 0.5) is 5.69 Å². The molecule has 1 aromatic rings. The zero-order valence-corrected chi connectivity index (χ0v) is 13.1. The first-order valence-corrected chi connectivity index (χ1v) is 7.70. The van der Waals surface area contributed by atoms with E-state index >= 15 is 0 Å². The first-order chi connectivity index (χ1) is 9.61. The fourth-order valence-electron chi connectivity index (χ4n) is 2.84. The van der Waals surface area contributed by atoms with E-state index in [9.17, 15) is 0 Å². The molecule has 0 saturated heterocycles. The van der Waals surface area contributed by atoms with Crippen LogP contribution < -0.4 is 5.73 Å². The van der Waals surface area contributed by atoms with Gasteiger partial charge in [-0.3, -0.25) is 4.90 Å². The number of nitrogens with two attached hydrogens (primary N) is 1. The largest absolute Gasteiger partial charge is 0.399 e. The summed E-state index contributed by atoms with van der Waals surface area (Å²) in [4.78, 5) is 2.58. The lowest BCUT2D eigenvalue weighted by Gasteiger charge is -2.32. The van der Waals surface area contributed by atoms with Gasteiger partial charge < -0.3 is 10.5 Å². The van der Waals surface area contributed by atoms with E-state index in [2.05, 4.69) is 30.9 Å². The molecule has 2 rings (SSSR count). The monoisotopic (exact) mass is 276 g/mol. The first kappa shape index (κ1) is 15.3. The third-order valence-electron chi connectivity index (χ3n) is 4.68. The Morgan fingerprint density at radius 1 is 1.30 bits per heavy atom. The minimum Gasteiger partial charge on any atom is -0.399 e. The molecular formula is C17H28N2O. The second kappa shape index (κ2) is 6.59. The molecule has 3 nitrogen and oxygen atoms in total. The summed E-state index contributed by atoms with van der Waals surface area (Å²) >= 11 is 0. The molecule has 0 aromatic heterocycles. The molecule has 1 unspecified atom stereocenters. The zero-order chi connectivity index (χ0) is 14.6. The summed E-state index contributed by atoms with van der Waals surface area (Å²) in [5.41, 5.74) is 8.44. The highest BCUT2D eigenvalue weighted by molar-refractivity contribution is 5.43. The summed E-state index contributed by atoms with van der Waals surface area (Å²) in [7, 11) is 1.78. The van der Waals surface area contributed by atoms with E-state index in [0.717, 1.165) is 25.4 Å². The van der Waals surface area contributed by atoms with Crippen molar-refractivity contribution < 1.29 is 4.74 Å². The van der Waals surface area contributed by atoms with Gasteiger partial charge in [-0.25, -0.2) is 0 Å². The van der Waals surface area contributed by atoms with E-state index in [0.29, 0.717) is 11.5 Å². The molecule has 1 aliphatic carbocycles. The van der Waals surface area contributed by atoms with Gasteiger partial charge in [0.1, 0.15) is 0 Å². The van der Waals surface area contributed by atoms with E-state index in [1.807, 2.05) is 12.1 Å². The van der Waals surface area contributed by atoms with Gasteiger partial charge in [0.15, 0.2) is 0 Å². The second-order valence-electron chi connectivity index (χ2n) is 6.12. The Kier molecular flexibility index (Phi) is 5.06. The van der Waals surface area contributed by atoms with Gasteiger partial charge in [0.2, 0.25) is 0 Å². The van der Waals surface area contributed by atoms with E-state index in [-0.39, 0.29) is 0 Å². The van der Waals surface area contributed by atoms with Crippen LogP contribution in [-0.2, 0) is 10.2 Å². The molecule has 0 aliphatic heterocycles. The number of anilines is 1. The van der Waals surface area contributed by atoms with Crippen molar-refractivity contribution in [1.82, 2.24) is 4.90 Å². The molecular weight excluding hydrogens is 248 g/mol. The normalized spacial score (nSPS) is 18.2. The van der Waals surface area contributed by atoms with Crippen LogP contribution in [0.5, 0.6) is 0 Å². The van der Waals surface area contributed by atoms with Gasteiger partial charge in [-0.1, -0.05) is 19.1 Å². The number of benzene rings is 1. The molecule has 1 atom stereocenters. The molecule has 0 amide bonds. The smallest absolute Gasteiger partial charge is 0.0589 e. The van der Waals surface area contributed by atoms with Crippen molar-refractivity contribution in [3.63, 3.8) is 0 Å². The van der Waals surface area contributed by atoms with Gasteiger partial charge in [-0.05, 0) is 43.9 Å². The Hall–Kier alpha value is -1.06. The van der Waals surface area contributed by atoms with E-state index in [1.54, 1.807) is 7.11 Å². The van der Waals surface area contributed by atoms with Crippen LogP contribution >= 0.6 is 0 Å². The van der Waals surface area contributed by atoms with Crippen molar-refractivity contribution >= 4 is 5.69 Å². The molecule has 0 heterocycles. The highest BCUT2D eigenvalue weighted by Gasteiger charge is 2.45. The Labute approximate surface area is 123 Å². The molecule has 1 saturated carbocycles. The molecule has 0 radical (unpaired) electrons. The molecule has 3 heteroatoms. The standard InChI is InChI=1S/C17H28N2O/c1-4-14(2)19(11-12-20-3)13-17(9-10-17)15-5-7-16(18)8-6-15/h5-8,14H,4,9-13,18H2,1-3H3. The summed E-state index contributed by atoms with van der Waals surface area (Å²) < 4.78 is 5.27. The second-order valence-corrected chi connectivity index (χ2v) is 6.12. The van der Waals surface area contributed by atoms with Gasteiger partial charge in [0.05, 0.1) is 6.61 Å². The van der Waals surface area contributed by atoms with Crippen molar-refractivity contribution in [1.29, 1.82) is 0 Å². The predicted molar refractivity (Wildman–Crippen MR) is 85.0 cm³/mol. The summed E-state index contributed by atoms with van der Waals surface area (Å²) in [6.45, 7) is 7.53. The number of hydrogen-bond acceptors (Lipinski definition) is 3. The van der Waals surface area contributed by atoms with Gasteiger partial charge in [0, 0.05) is 37.3 Å². The third kappa shape index (κ3) is 3.53. The fraction of sp³-hybridized carbons (Fsp3) is 0.647. The van der Waals surface area contributed by atoms with Crippen LogP contribution in [0.3, 0.4) is 0 Å². The van der Waals surface area contributed by atoms with Crippen LogP contribution in [0.15, 0.2) is 24.3 Å². The van der Waals surface area contributed by atoms with Gasteiger partial charge in [-0.2, -0.15) is 0 Å². The van der Waals surface area contributed by atoms with Crippen molar-refractivity contribution in [3.8, 4) is 0 Å². The molecule has 1 aromatic carbocycles. The van der Waals surface area contributed by atoms with Gasteiger partial charge >= 0.3 is 0 Å². The average Bonchev–Trinajstić information content (AvgIpc) is 3.24. The van der Waals surface area contributed by atoms with E-state index < -0.39 is 0 Å². The number of methoxy groups -OCH3 is 1. The first-order valence-electron chi connectivity index (χ1n) is 7.70. The topological polar surface area (TPSA) is 38.5 Å². The molecule has 20 heavy (non-hydrogen) atoms. The number of nitrogens with zero attached hydrogens (tertiary/aromatic N) is 1. The maximum absolute atomic E-state index is 5.80. The number of rotatable bonds is 8. The lowest BCUT2D eigenvalue weighted by Crippen LogP contribution is -2.40. The molecule has 1 aliphatic rings. The lowest BCUT2D eigenvalue weighted by atomic mass is 9.94. The predicted octanol–water partition coefficient (Wildman–Crippen LogP) is 3.05. The maximum Gasteiger partial charge on any atom is 0.0589 e. The molecule has 112 valence electrons. The lowest BCUT2D eigenvalue weighted by molar-refractivity contribution is 0.115. The maximum atomic E-state index is 5.80. The Morgan fingerprint density at radius 2 is 1.95 bits per heavy atom. The van der Waals surface area contributed by atoms with E-state index in [4.69, 9.17) is 10.5 Å². The highest BCUT2D eigenvalue weighted by Crippen LogP contribution is 2.49. The molecule has 0 spiro atoms. The molecule has 1 fully saturated rings. The minimum atomic E-state index is 0.352. The zero-order valence-electron chi connectivity index (χ0n) is 13.1. The van der Waals surface area contributed by atoms with E-state index in [1.165, 1.54) is 24.8 Å². The average molecular weight is 276 g/mol. The van der Waals surface area contributed by atoms with Crippen molar-refractivity contribution in [2.45, 2.75) is 44.6 Å². The van der Waals surface area contributed by atoms with Gasteiger partial charge in [0.25, 0.3) is 0 Å².